The van der Waals surface area contributed by atoms with Crippen LogP contribution in [0.15, 0.2) is 12.2 Å². The van der Waals surface area contributed by atoms with Gasteiger partial charge in [0.25, 0.3) is 0 Å². The lowest BCUT2D eigenvalue weighted by molar-refractivity contribution is 0.550. The van der Waals surface area contributed by atoms with E-state index < -0.39 is 0 Å². The van der Waals surface area contributed by atoms with Crippen molar-refractivity contribution in [3.63, 3.8) is 0 Å². The molecule has 0 spiro atoms. The summed E-state index contributed by atoms with van der Waals surface area (Å²) in [5.41, 5.74) is 1.97. The Kier molecular flexibility index (Phi) is 22.3. The number of hydroxylamine groups is 1. The lowest BCUT2D eigenvalue weighted by Crippen LogP contribution is -2.04. The van der Waals surface area contributed by atoms with Gasteiger partial charge in [-0.05, 0) is 38.6 Å². The van der Waals surface area contributed by atoms with Gasteiger partial charge in [-0.15, -0.1) is 0 Å². The van der Waals surface area contributed by atoms with Crippen LogP contribution in [0.3, 0.4) is 0 Å². The van der Waals surface area contributed by atoms with Gasteiger partial charge in [-0.1, -0.05) is 103 Å². The molecule has 2 heteroatoms. The molecule has 1 N–H and O–H groups in total. The molecule has 0 saturated carbocycles. The lowest BCUT2D eigenvalue weighted by Gasteiger charge is -2.06. The molecule has 144 valence electrons. The van der Waals surface area contributed by atoms with E-state index in [0.29, 0.717) is 6.54 Å². The summed E-state index contributed by atoms with van der Waals surface area (Å²) in [7, 11) is 0. The smallest absolute Gasteiger partial charge is 0.0170 e. The number of nitrogens with one attached hydrogen (secondary N) is 1. The first-order valence-corrected chi connectivity index (χ1v) is 10.9. The van der Waals surface area contributed by atoms with E-state index in [0.717, 1.165) is 6.42 Å². The maximum absolute atomic E-state index is 10.1. The van der Waals surface area contributed by atoms with Gasteiger partial charge in [-0.3, -0.25) is 0 Å². The van der Waals surface area contributed by atoms with Crippen LogP contribution in [0.2, 0.25) is 0 Å². The molecule has 0 unspecified atom stereocenters. The minimum Gasteiger partial charge on any atom is -0.788 e. The summed E-state index contributed by atoms with van der Waals surface area (Å²) < 4.78 is 0. The number of unbranched alkanes of at least 4 members (excludes halogenated alkanes) is 16. The molecule has 0 aliphatic heterocycles. The van der Waals surface area contributed by atoms with E-state index >= 15 is 0 Å². The third-order valence-corrected chi connectivity index (χ3v) is 4.79. The van der Waals surface area contributed by atoms with Crippen molar-refractivity contribution in [2.75, 3.05) is 6.54 Å². The third kappa shape index (κ3) is 21.7. The number of hydrogen-bond acceptors (Lipinski definition) is 2. The predicted molar refractivity (Wildman–Crippen MR) is 109 cm³/mol. The Morgan fingerprint density at radius 3 is 1.33 bits per heavy atom. The Morgan fingerprint density at radius 1 is 0.542 bits per heavy atom. The lowest BCUT2D eigenvalue weighted by atomic mass is 10.1. The van der Waals surface area contributed by atoms with Crippen LogP contribution >= 0.6 is 0 Å². The van der Waals surface area contributed by atoms with Crippen LogP contribution in [-0.2, 0) is 0 Å². The molecule has 24 heavy (non-hydrogen) atoms. The van der Waals surface area contributed by atoms with Crippen molar-refractivity contribution >= 4 is 0 Å². The molecule has 0 aliphatic carbocycles. The summed E-state index contributed by atoms with van der Waals surface area (Å²) in [6.45, 7) is 2.91. The van der Waals surface area contributed by atoms with Crippen molar-refractivity contribution in [1.82, 2.24) is 5.48 Å². The van der Waals surface area contributed by atoms with Crippen molar-refractivity contribution < 1.29 is 0 Å². The fraction of sp³-hybridized carbons (Fsp3) is 0.909. The fourth-order valence-corrected chi connectivity index (χ4v) is 3.15. The zero-order chi connectivity index (χ0) is 17.6. The van der Waals surface area contributed by atoms with Crippen molar-refractivity contribution in [2.24, 2.45) is 0 Å². The quantitative estimate of drug-likeness (QED) is 0.140. The molecular formula is C22H44NO-. The van der Waals surface area contributed by atoms with E-state index in [1.165, 1.54) is 109 Å². The highest BCUT2D eigenvalue weighted by molar-refractivity contribution is 4.81. The van der Waals surface area contributed by atoms with Gasteiger partial charge in [0, 0.05) is 0 Å². The van der Waals surface area contributed by atoms with Gasteiger partial charge in [0.15, 0.2) is 0 Å². The molecule has 0 aliphatic rings. The first kappa shape index (κ1) is 23.7. The number of rotatable bonds is 20. The molecule has 0 aromatic rings. The van der Waals surface area contributed by atoms with E-state index in [4.69, 9.17) is 0 Å². The molecule has 0 aromatic carbocycles. The molecule has 0 fully saturated rings. The third-order valence-electron chi connectivity index (χ3n) is 4.79. The van der Waals surface area contributed by atoms with Crippen molar-refractivity contribution in [3.05, 3.63) is 17.4 Å². The molecule has 0 amide bonds. The minimum absolute atomic E-state index is 0.632. The van der Waals surface area contributed by atoms with Crippen molar-refractivity contribution in [2.45, 2.75) is 122 Å². The number of hydrogen-bond donors (Lipinski definition) is 1. The van der Waals surface area contributed by atoms with Gasteiger partial charge < -0.3 is 10.7 Å². The molecule has 0 heterocycles. The second kappa shape index (κ2) is 22.7. The molecule has 0 saturated heterocycles. The maximum Gasteiger partial charge on any atom is -0.0170 e. The van der Waals surface area contributed by atoms with Gasteiger partial charge in [-0.25, -0.2) is 0 Å². The van der Waals surface area contributed by atoms with Gasteiger partial charge in [0.05, 0.1) is 0 Å². The highest BCUT2D eigenvalue weighted by atomic mass is 16.5. The zero-order valence-electron chi connectivity index (χ0n) is 16.5. The van der Waals surface area contributed by atoms with Gasteiger partial charge in [0.2, 0.25) is 0 Å². The van der Waals surface area contributed by atoms with Crippen LogP contribution in [-0.4, -0.2) is 6.54 Å². The average Bonchev–Trinajstić information content (AvgIpc) is 2.60. The van der Waals surface area contributed by atoms with E-state index in [1.807, 2.05) is 5.48 Å². The van der Waals surface area contributed by atoms with Crippen LogP contribution in [0.1, 0.15) is 122 Å². The Hall–Kier alpha value is -0.340. The highest BCUT2D eigenvalue weighted by Crippen LogP contribution is 2.12. The minimum atomic E-state index is 0.632. The van der Waals surface area contributed by atoms with Crippen LogP contribution in [0, 0.1) is 5.21 Å². The standard InChI is InChI=1S/C22H44NO/c1-2-3-4-5-6-7-8-9-10-11-12-13-14-15-16-17-18-19-20-21-22-23-24/h9-10,23H,2-8,11-22H2,1H3/q-1/b10-9-. The molecule has 0 radical (unpaired) electrons. The monoisotopic (exact) mass is 338 g/mol. The first-order chi connectivity index (χ1) is 11.9. The zero-order valence-corrected chi connectivity index (χ0v) is 16.5. The summed E-state index contributed by atoms with van der Waals surface area (Å²) in [6, 6.07) is 0. The highest BCUT2D eigenvalue weighted by Gasteiger charge is 1.93. The normalized spacial score (nSPS) is 11.6. The molecular weight excluding hydrogens is 294 g/mol. The molecule has 0 bridgehead atoms. The Morgan fingerprint density at radius 2 is 0.917 bits per heavy atom. The second-order valence-corrected chi connectivity index (χ2v) is 7.25. The van der Waals surface area contributed by atoms with Gasteiger partial charge >= 0.3 is 0 Å². The Labute approximate surface area is 152 Å². The number of allylic oxidation sites excluding steroid dienone is 2. The van der Waals surface area contributed by atoms with E-state index in [-0.39, 0.29) is 0 Å². The largest absolute Gasteiger partial charge is 0.788 e. The van der Waals surface area contributed by atoms with Crippen LogP contribution < -0.4 is 5.48 Å². The van der Waals surface area contributed by atoms with Crippen LogP contribution in [0.5, 0.6) is 0 Å². The van der Waals surface area contributed by atoms with E-state index in [1.54, 1.807) is 0 Å². The van der Waals surface area contributed by atoms with Gasteiger partial charge in [-0.2, -0.15) is 0 Å². The van der Waals surface area contributed by atoms with Crippen molar-refractivity contribution in [1.29, 1.82) is 0 Å². The topological polar surface area (TPSA) is 35.1 Å². The average molecular weight is 339 g/mol. The molecule has 0 aromatic heterocycles. The van der Waals surface area contributed by atoms with Crippen LogP contribution in [0.25, 0.3) is 0 Å². The Balaban J connectivity index is 3.03. The summed E-state index contributed by atoms with van der Waals surface area (Å²) >= 11 is 0. The summed E-state index contributed by atoms with van der Waals surface area (Å²) in [5, 5.41) is 10.1. The van der Waals surface area contributed by atoms with Gasteiger partial charge in [0.1, 0.15) is 0 Å². The molecule has 0 atom stereocenters. The summed E-state index contributed by atoms with van der Waals surface area (Å²) in [4.78, 5) is 0. The van der Waals surface area contributed by atoms with E-state index in [9.17, 15) is 5.21 Å². The second-order valence-electron chi connectivity index (χ2n) is 7.25. The fourth-order valence-electron chi connectivity index (χ4n) is 3.15. The Bertz CT molecular complexity index is 240. The maximum atomic E-state index is 10.1. The predicted octanol–water partition coefficient (Wildman–Crippen LogP) is 7.67. The summed E-state index contributed by atoms with van der Waals surface area (Å²) in [6.07, 6.45) is 29.0. The molecule has 2 nitrogen and oxygen atoms in total. The SMILES string of the molecule is CCCCCCCC/C=C\CCCCCCCCCCCCN[O-]. The molecule has 0 rings (SSSR count). The van der Waals surface area contributed by atoms with Crippen molar-refractivity contribution in [3.8, 4) is 0 Å². The van der Waals surface area contributed by atoms with Crippen LogP contribution in [0.4, 0.5) is 0 Å². The summed E-state index contributed by atoms with van der Waals surface area (Å²) in [5.74, 6) is 0. The van der Waals surface area contributed by atoms with E-state index in [2.05, 4.69) is 19.1 Å². The first-order valence-electron chi connectivity index (χ1n) is 10.9.